The number of carboxylic acid groups (broad SMARTS) is 1. The minimum Gasteiger partial charge on any atom is -0.450 e. The third kappa shape index (κ3) is 8.77. The summed E-state index contributed by atoms with van der Waals surface area (Å²) in [6.45, 7) is 4.80. The number of ether oxygens (including phenoxy) is 1. The summed E-state index contributed by atoms with van der Waals surface area (Å²) in [4.78, 5) is 10.6. The molecule has 0 fully saturated rings. The highest BCUT2D eigenvalue weighted by atomic mass is 16.7. The van der Waals surface area contributed by atoms with E-state index in [0.29, 0.717) is 5.92 Å². The van der Waals surface area contributed by atoms with Gasteiger partial charge in [0.05, 0.1) is 6.61 Å². The molecule has 0 spiro atoms. The average molecular weight is 425 g/mol. The molecule has 0 heterocycles. The highest BCUT2D eigenvalue weighted by Crippen LogP contribution is 2.34. The number of hydrogen-bond donors (Lipinski definition) is 1. The van der Waals surface area contributed by atoms with E-state index in [1.807, 2.05) is 0 Å². The van der Waals surface area contributed by atoms with E-state index in [4.69, 9.17) is 9.84 Å². The summed E-state index contributed by atoms with van der Waals surface area (Å²) in [5.74, 6) is 0.341. The van der Waals surface area contributed by atoms with Crippen LogP contribution >= 0.6 is 0 Å². The van der Waals surface area contributed by atoms with Gasteiger partial charge in [0.25, 0.3) is 0 Å². The first-order chi connectivity index (χ1) is 15.2. The molecule has 3 heteroatoms. The van der Waals surface area contributed by atoms with Gasteiger partial charge in [-0.25, -0.2) is 4.79 Å². The van der Waals surface area contributed by atoms with Gasteiger partial charge in [-0.2, -0.15) is 0 Å². The van der Waals surface area contributed by atoms with Crippen LogP contribution in [0.3, 0.4) is 0 Å². The molecule has 0 saturated carbocycles. The molecule has 2 aromatic rings. The molecule has 3 nitrogen and oxygen atoms in total. The minimum atomic E-state index is -1.18. The Hall–Kier alpha value is -2.29. The molecule has 0 radical (unpaired) electrons. The van der Waals surface area contributed by atoms with Gasteiger partial charge >= 0.3 is 6.16 Å². The molecule has 1 N–H and O–H groups in total. The van der Waals surface area contributed by atoms with Crippen molar-refractivity contribution in [3.05, 3.63) is 70.8 Å². The Morgan fingerprint density at radius 1 is 0.839 bits per heavy atom. The standard InChI is InChI=1S/C28H40O3/c1-3-5-8-15-24-18-14-21-27(25(24)19-9-6-4-2)26(23-16-10-7-11-17-23)20-12-13-22-31-28(29)30/h7,10-11,14,16-18,21,26H,3-6,8-9,12-13,15,19-20,22H2,1-2H3,(H,29,30). The maximum Gasteiger partial charge on any atom is 0.505 e. The van der Waals surface area contributed by atoms with Gasteiger partial charge < -0.3 is 9.84 Å². The maximum atomic E-state index is 10.6. The van der Waals surface area contributed by atoms with Crippen molar-refractivity contribution in [2.75, 3.05) is 6.61 Å². The van der Waals surface area contributed by atoms with E-state index in [1.165, 1.54) is 55.2 Å². The molecule has 0 aliphatic carbocycles. The number of benzene rings is 2. The Balaban J connectivity index is 2.28. The summed E-state index contributed by atoms with van der Waals surface area (Å²) in [6.07, 6.45) is 11.4. The molecule has 0 bridgehead atoms. The number of aryl methyl sites for hydroxylation is 1. The molecule has 2 aromatic carbocycles. The monoisotopic (exact) mass is 424 g/mol. The third-order valence-corrected chi connectivity index (χ3v) is 6.08. The van der Waals surface area contributed by atoms with Gasteiger partial charge in [-0.15, -0.1) is 0 Å². The third-order valence-electron chi connectivity index (χ3n) is 6.08. The largest absolute Gasteiger partial charge is 0.505 e. The van der Waals surface area contributed by atoms with Crippen LogP contribution in [0.1, 0.15) is 99.8 Å². The number of rotatable bonds is 15. The normalized spacial score (nSPS) is 11.9. The van der Waals surface area contributed by atoms with Crippen LogP contribution in [0.25, 0.3) is 0 Å². The lowest BCUT2D eigenvalue weighted by Gasteiger charge is -2.24. The fraction of sp³-hybridized carbons (Fsp3) is 0.536. The van der Waals surface area contributed by atoms with E-state index in [0.717, 1.165) is 32.1 Å². The SMILES string of the molecule is CCCCCc1cccc(C(CCCCOC(=O)O)c2ccccc2)c1CCCCC. The van der Waals surface area contributed by atoms with Crippen LogP contribution in [0, 0.1) is 0 Å². The zero-order valence-corrected chi connectivity index (χ0v) is 19.4. The average Bonchev–Trinajstić information content (AvgIpc) is 2.78. The van der Waals surface area contributed by atoms with Gasteiger partial charge in [0.1, 0.15) is 0 Å². The van der Waals surface area contributed by atoms with E-state index in [-0.39, 0.29) is 6.61 Å². The van der Waals surface area contributed by atoms with Crippen LogP contribution in [-0.2, 0) is 17.6 Å². The summed E-state index contributed by atoms with van der Waals surface area (Å²) in [7, 11) is 0. The number of carbonyl (C=O) groups is 1. The molecule has 1 atom stereocenters. The molecular formula is C28H40O3. The van der Waals surface area contributed by atoms with Gasteiger partial charge in [0.15, 0.2) is 0 Å². The summed E-state index contributed by atoms with van der Waals surface area (Å²) in [5, 5.41) is 8.71. The van der Waals surface area contributed by atoms with E-state index in [9.17, 15) is 4.79 Å². The van der Waals surface area contributed by atoms with Crippen LogP contribution in [0.15, 0.2) is 48.5 Å². The topological polar surface area (TPSA) is 46.5 Å². The second kappa shape index (κ2) is 14.7. The summed E-state index contributed by atoms with van der Waals surface area (Å²) < 4.78 is 4.71. The van der Waals surface area contributed by atoms with Gasteiger partial charge in [-0.1, -0.05) is 88.1 Å². The Kier molecular flexibility index (Phi) is 11.8. The fourth-order valence-electron chi connectivity index (χ4n) is 4.43. The second-order valence-electron chi connectivity index (χ2n) is 8.47. The zero-order chi connectivity index (χ0) is 22.3. The molecule has 31 heavy (non-hydrogen) atoms. The van der Waals surface area contributed by atoms with Crippen molar-refractivity contribution in [1.29, 1.82) is 0 Å². The van der Waals surface area contributed by atoms with Gasteiger partial charge in [-0.05, 0) is 67.2 Å². The van der Waals surface area contributed by atoms with Crippen molar-refractivity contribution in [3.8, 4) is 0 Å². The van der Waals surface area contributed by atoms with Crippen LogP contribution in [0.4, 0.5) is 4.79 Å². The molecular weight excluding hydrogens is 384 g/mol. The van der Waals surface area contributed by atoms with Crippen LogP contribution in [0.5, 0.6) is 0 Å². The van der Waals surface area contributed by atoms with Gasteiger partial charge in [0, 0.05) is 5.92 Å². The Morgan fingerprint density at radius 3 is 2.23 bits per heavy atom. The predicted molar refractivity (Wildman–Crippen MR) is 129 cm³/mol. The molecule has 170 valence electrons. The number of hydrogen-bond acceptors (Lipinski definition) is 2. The van der Waals surface area contributed by atoms with Crippen molar-refractivity contribution < 1.29 is 14.6 Å². The van der Waals surface area contributed by atoms with Crippen molar-refractivity contribution in [1.82, 2.24) is 0 Å². The molecule has 0 aliphatic heterocycles. The smallest absolute Gasteiger partial charge is 0.450 e. The van der Waals surface area contributed by atoms with Crippen molar-refractivity contribution >= 4 is 6.16 Å². The molecule has 0 saturated heterocycles. The zero-order valence-electron chi connectivity index (χ0n) is 19.4. The first kappa shape index (κ1) is 25.0. The van der Waals surface area contributed by atoms with Crippen molar-refractivity contribution in [2.24, 2.45) is 0 Å². The first-order valence-electron chi connectivity index (χ1n) is 12.2. The van der Waals surface area contributed by atoms with Crippen molar-refractivity contribution in [3.63, 3.8) is 0 Å². The van der Waals surface area contributed by atoms with Crippen LogP contribution in [-0.4, -0.2) is 17.9 Å². The van der Waals surface area contributed by atoms with Crippen molar-refractivity contribution in [2.45, 2.75) is 90.4 Å². The van der Waals surface area contributed by atoms with Gasteiger partial charge in [0.2, 0.25) is 0 Å². The second-order valence-corrected chi connectivity index (χ2v) is 8.47. The van der Waals surface area contributed by atoms with E-state index < -0.39 is 6.16 Å². The van der Waals surface area contributed by atoms with Gasteiger partial charge in [-0.3, -0.25) is 0 Å². The Labute approximate surface area is 188 Å². The first-order valence-corrected chi connectivity index (χ1v) is 12.2. The quantitative estimate of drug-likeness (QED) is 0.232. The number of unbranched alkanes of at least 4 members (excludes halogenated alkanes) is 5. The molecule has 1 unspecified atom stereocenters. The maximum absolute atomic E-state index is 10.6. The lowest BCUT2D eigenvalue weighted by molar-refractivity contribution is 0.0899. The highest BCUT2D eigenvalue weighted by molar-refractivity contribution is 5.56. The molecule has 0 aliphatic rings. The summed E-state index contributed by atoms with van der Waals surface area (Å²) in [5.41, 5.74) is 5.90. The van der Waals surface area contributed by atoms with Crippen LogP contribution in [0.2, 0.25) is 0 Å². The summed E-state index contributed by atoms with van der Waals surface area (Å²) in [6, 6.07) is 17.7. The predicted octanol–water partition coefficient (Wildman–Crippen LogP) is 8.15. The van der Waals surface area contributed by atoms with E-state index in [2.05, 4.69) is 62.4 Å². The lowest BCUT2D eigenvalue weighted by atomic mass is 9.81. The highest BCUT2D eigenvalue weighted by Gasteiger charge is 2.19. The Bertz CT molecular complexity index is 754. The fourth-order valence-corrected chi connectivity index (χ4v) is 4.43. The van der Waals surface area contributed by atoms with Crippen LogP contribution < -0.4 is 0 Å². The van der Waals surface area contributed by atoms with E-state index >= 15 is 0 Å². The lowest BCUT2D eigenvalue weighted by Crippen LogP contribution is -2.09. The molecule has 0 aromatic heterocycles. The Morgan fingerprint density at radius 2 is 1.55 bits per heavy atom. The molecule has 0 amide bonds. The summed E-state index contributed by atoms with van der Waals surface area (Å²) >= 11 is 0. The minimum absolute atomic E-state index is 0.275. The molecule has 2 rings (SSSR count). The van der Waals surface area contributed by atoms with E-state index in [1.54, 1.807) is 5.56 Å².